The van der Waals surface area contributed by atoms with Crippen molar-refractivity contribution < 1.29 is 5.11 Å². The smallest absolute Gasteiger partial charge is 0.115 e. The molecule has 1 heterocycles. The van der Waals surface area contributed by atoms with Gasteiger partial charge in [0, 0.05) is 12.1 Å². The fraction of sp³-hybridized carbons (Fsp3) is 0.600. The van der Waals surface area contributed by atoms with Crippen molar-refractivity contribution in [3.8, 4) is 5.75 Å². The van der Waals surface area contributed by atoms with E-state index in [1.807, 2.05) is 12.1 Å². The maximum Gasteiger partial charge on any atom is 0.115 e. The van der Waals surface area contributed by atoms with Gasteiger partial charge in [-0.05, 0) is 49.9 Å². The van der Waals surface area contributed by atoms with Gasteiger partial charge in [0.15, 0.2) is 0 Å². The number of fused-ring (bicyclic) bond motifs is 1. The highest BCUT2D eigenvalue weighted by Crippen LogP contribution is 2.45. The van der Waals surface area contributed by atoms with Crippen molar-refractivity contribution in [2.45, 2.75) is 44.2 Å². The fourth-order valence-corrected chi connectivity index (χ4v) is 3.79. The summed E-state index contributed by atoms with van der Waals surface area (Å²) in [4.78, 5) is 2.54. The SMILES string of the molecule is CN1C(c2cccc(O)c2)CC2CCCCC21. The second kappa shape index (κ2) is 4.34. The van der Waals surface area contributed by atoms with Crippen LogP contribution in [0.4, 0.5) is 0 Å². The van der Waals surface area contributed by atoms with E-state index in [0.29, 0.717) is 11.8 Å². The van der Waals surface area contributed by atoms with Crippen LogP contribution >= 0.6 is 0 Å². The zero-order valence-corrected chi connectivity index (χ0v) is 10.5. The average Bonchev–Trinajstić information content (AvgIpc) is 2.68. The molecular weight excluding hydrogens is 210 g/mol. The minimum absolute atomic E-state index is 0.394. The van der Waals surface area contributed by atoms with E-state index in [9.17, 15) is 5.11 Å². The number of likely N-dealkylation sites (tertiary alicyclic amines) is 1. The second-order valence-corrected chi connectivity index (χ2v) is 5.62. The van der Waals surface area contributed by atoms with Crippen molar-refractivity contribution in [2.24, 2.45) is 5.92 Å². The molecule has 2 aliphatic rings. The number of hydrogen-bond donors (Lipinski definition) is 1. The van der Waals surface area contributed by atoms with Gasteiger partial charge in [-0.1, -0.05) is 25.0 Å². The number of phenols is 1. The lowest BCUT2D eigenvalue weighted by molar-refractivity contribution is 0.187. The summed E-state index contributed by atoms with van der Waals surface area (Å²) in [5, 5.41) is 9.60. The molecule has 3 unspecified atom stereocenters. The van der Waals surface area contributed by atoms with Crippen LogP contribution in [0.2, 0.25) is 0 Å². The van der Waals surface area contributed by atoms with Gasteiger partial charge < -0.3 is 5.11 Å². The largest absolute Gasteiger partial charge is 0.508 e. The fourth-order valence-electron chi connectivity index (χ4n) is 3.79. The van der Waals surface area contributed by atoms with E-state index in [4.69, 9.17) is 0 Å². The summed E-state index contributed by atoms with van der Waals surface area (Å²) in [5.41, 5.74) is 1.28. The normalized spacial score (nSPS) is 33.6. The number of hydrogen-bond acceptors (Lipinski definition) is 2. The predicted molar refractivity (Wildman–Crippen MR) is 69.0 cm³/mol. The molecule has 2 fully saturated rings. The molecule has 2 heteroatoms. The molecule has 1 N–H and O–H groups in total. The molecule has 0 radical (unpaired) electrons. The van der Waals surface area contributed by atoms with Crippen molar-refractivity contribution in [3.05, 3.63) is 29.8 Å². The van der Waals surface area contributed by atoms with Crippen LogP contribution in [0.15, 0.2) is 24.3 Å². The minimum atomic E-state index is 0.394. The molecule has 1 saturated heterocycles. The molecule has 17 heavy (non-hydrogen) atoms. The molecule has 1 aromatic carbocycles. The molecule has 0 amide bonds. The quantitative estimate of drug-likeness (QED) is 0.801. The molecule has 3 atom stereocenters. The highest BCUT2D eigenvalue weighted by molar-refractivity contribution is 5.30. The molecule has 1 aliphatic carbocycles. The first-order valence-electron chi connectivity index (χ1n) is 6.76. The molecule has 1 aromatic rings. The molecule has 2 nitrogen and oxygen atoms in total. The number of nitrogens with zero attached hydrogens (tertiary/aromatic N) is 1. The summed E-state index contributed by atoms with van der Waals surface area (Å²) in [6.07, 6.45) is 6.81. The van der Waals surface area contributed by atoms with Crippen molar-refractivity contribution in [2.75, 3.05) is 7.05 Å². The van der Waals surface area contributed by atoms with Gasteiger partial charge in [0.05, 0.1) is 0 Å². The van der Waals surface area contributed by atoms with E-state index in [1.54, 1.807) is 6.07 Å². The Morgan fingerprint density at radius 1 is 1.24 bits per heavy atom. The molecule has 0 bridgehead atoms. The lowest BCUT2D eigenvalue weighted by Gasteiger charge is -2.30. The van der Waals surface area contributed by atoms with E-state index >= 15 is 0 Å². The maximum atomic E-state index is 9.60. The Morgan fingerprint density at radius 3 is 2.82 bits per heavy atom. The van der Waals surface area contributed by atoms with E-state index in [1.165, 1.54) is 37.7 Å². The van der Waals surface area contributed by atoms with Crippen LogP contribution in [-0.2, 0) is 0 Å². The first kappa shape index (κ1) is 11.1. The van der Waals surface area contributed by atoms with Crippen molar-refractivity contribution in [1.29, 1.82) is 0 Å². The summed E-state index contributed by atoms with van der Waals surface area (Å²) in [5.74, 6) is 1.27. The second-order valence-electron chi connectivity index (χ2n) is 5.62. The summed E-state index contributed by atoms with van der Waals surface area (Å²) in [7, 11) is 2.25. The lowest BCUT2D eigenvalue weighted by atomic mass is 9.84. The molecule has 0 spiro atoms. The zero-order chi connectivity index (χ0) is 11.8. The van der Waals surface area contributed by atoms with Crippen LogP contribution in [-0.4, -0.2) is 23.1 Å². The van der Waals surface area contributed by atoms with Gasteiger partial charge in [0.2, 0.25) is 0 Å². The first-order chi connectivity index (χ1) is 8.25. The van der Waals surface area contributed by atoms with E-state index in [0.717, 1.165) is 12.0 Å². The summed E-state index contributed by atoms with van der Waals surface area (Å²) >= 11 is 0. The summed E-state index contributed by atoms with van der Waals surface area (Å²) < 4.78 is 0. The molecule has 1 aliphatic heterocycles. The Bertz CT molecular complexity index is 404. The summed E-state index contributed by atoms with van der Waals surface area (Å²) in [6.45, 7) is 0. The Hall–Kier alpha value is -1.02. The van der Waals surface area contributed by atoms with Crippen LogP contribution in [0.1, 0.15) is 43.7 Å². The third kappa shape index (κ3) is 1.95. The standard InChI is InChI=1S/C15H21NO/c1-16-14-8-3-2-5-12(14)10-15(16)11-6-4-7-13(17)9-11/h4,6-7,9,12,14-15,17H,2-3,5,8,10H2,1H3. The number of rotatable bonds is 1. The third-order valence-electron chi connectivity index (χ3n) is 4.66. The molecule has 92 valence electrons. The van der Waals surface area contributed by atoms with Gasteiger partial charge in [-0.25, -0.2) is 0 Å². The predicted octanol–water partition coefficient (Wildman–Crippen LogP) is 3.33. The van der Waals surface area contributed by atoms with Gasteiger partial charge >= 0.3 is 0 Å². The monoisotopic (exact) mass is 231 g/mol. The number of benzene rings is 1. The highest BCUT2D eigenvalue weighted by Gasteiger charge is 2.40. The number of aromatic hydroxyl groups is 1. The van der Waals surface area contributed by atoms with Gasteiger partial charge in [-0.3, -0.25) is 4.90 Å². The van der Waals surface area contributed by atoms with Crippen molar-refractivity contribution >= 4 is 0 Å². The minimum Gasteiger partial charge on any atom is -0.508 e. The Kier molecular flexibility index (Phi) is 2.83. The Balaban J connectivity index is 1.85. The van der Waals surface area contributed by atoms with Crippen LogP contribution in [0.3, 0.4) is 0 Å². The van der Waals surface area contributed by atoms with E-state index < -0.39 is 0 Å². The third-order valence-corrected chi connectivity index (χ3v) is 4.66. The average molecular weight is 231 g/mol. The zero-order valence-electron chi connectivity index (χ0n) is 10.5. The van der Waals surface area contributed by atoms with Gasteiger partial charge in [0.25, 0.3) is 0 Å². The molecule has 0 aromatic heterocycles. The van der Waals surface area contributed by atoms with Crippen molar-refractivity contribution in [1.82, 2.24) is 4.90 Å². The lowest BCUT2D eigenvalue weighted by Crippen LogP contribution is -2.32. The van der Waals surface area contributed by atoms with Crippen LogP contribution in [0.5, 0.6) is 5.75 Å². The van der Waals surface area contributed by atoms with E-state index in [2.05, 4.69) is 18.0 Å². The van der Waals surface area contributed by atoms with Crippen molar-refractivity contribution in [3.63, 3.8) is 0 Å². The topological polar surface area (TPSA) is 23.5 Å². The van der Waals surface area contributed by atoms with Gasteiger partial charge in [0.1, 0.15) is 5.75 Å². The Morgan fingerprint density at radius 2 is 2.06 bits per heavy atom. The first-order valence-corrected chi connectivity index (χ1v) is 6.76. The van der Waals surface area contributed by atoms with Crippen LogP contribution in [0.25, 0.3) is 0 Å². The molecular formula is C15H21NO. The summed E-state index contributed by atoms with van der Waals surface area (Å²) in [6, 6.07) is 9.08. The Labute approximate surface area is 103 Å². The van der Waals surface area contributed by atoms with Crippen LogP contribution < -0.4 is 0 Å². The molecule has 3 rings (SSSR count). The molecule has 1 saturated carbocycles. The van der Waals surface area contributed by atoms with Crippen LogP contribution in [0, 0.1) is 5.92 Å². The van der Waals surface area contributed by atoms with Gasteiger partial charge in [-0.15, -0.1) is 0 Å². The number of phenolic OH excluding ortho intramolecular Hbond substituents is 1. The van der Waals surface area contributed by atoms with E-state index in [-0.39, 0.29) is 0 Å². The maximum absolute atomic E-state index is 9.60. The highest BCUT2D eigenvalue weighted by atomic mass is 16.3. The van der Waals surface area contributed by atoms with Gasteiger partial charge in [-0.2, -0.15) is 0 Å².